The third-order valence-electron chi connectivity index (χ3n) is 1.61. The van der Waals surface area contributed by atoms with Crippen LogP contribution in [0.5, 0.6) is 0 Å². The van der Waals surface area contributed by atoms with Crippen LogP contribution in [0.15, 0.2) is 0 Å². The summed E-state index contributed by atoms with van der Waals surface area (Å²) in [5.74, 6) is 0.833. The van der Waals surface area contributed by atoms with Crippen molar-refractivity contribution in [2.75, 3.05) is 0 Å². The molecule has 0 N–H and O–H groups in total. The summed E-state index contributed by atoms with van der Waals surface area (Å²) in [5.41, 5.74) is 0. The van der Waals surface area contributed by atoms with Crippen molar-refractivity contribution >= 4 is 5.78 Å². The van der Waals surface area contributed by atoms with Crippen LogP contribution < -0.4 is 0 Å². The lowest BCUT2D eigenvalue weighted by molar-refractivity contribution is -0.120. The van der Waals surface area contributed by atoms with E-state index in [2.05, 4.69) is 0 Å². The predicted octanol–water partition coefficient (Wildman–Crippen LogP) is 2.40. The molecule has 1 rings (SSSR count). The van der Waals surface area contributed by atoms with Crippen LogP contribution >= 0.6 is 0 Å². The van der Waals surface area contributed by atoms with E-state index in [0.29, 0.717) is 11.7 Å². The van der Waals surface area contributed by atoms with Crippen molar-refractivity contribution in [1.29, 1.82) is 0 Å². The van der Waals surface area contributed by atoms with Crippen molar-refractivity contribution in [2.45, 2.75) is 40.0 Å². The zero-order valence-corrected chi connectivity index (χ0v) is 6.61. The van der Waals surface area contributed by atoms with Gasteiger partial charge in [0.05, 0.1) is 0 Å². The van der Waals surface area contributed by atoms with E-state index in [-0.39, 0.29) is 0 Å². The Morgan fingerprint density at radius 1 is 1.44 bits per heavy atom. The normalized spacial score (nSPS) is 25.2. The summed E-state index contributed by atoms with van der Waals surface area (Å²) in [6.45, 7) is 6.01. The highest BCUT2D eigenvalue weighted by molar-refractivity contribution is 5.82. The van der Waals surface area contributed by atoms with Gasteiger partial charge in [-0.2, -0.15) is 0 Å². The topological polar surface area (TPSA) is 17.1 Å². The second-order valence-corrected chi connectivity index (χ2v) is 2.26. The molecule has 9 heavy (non-hydrogen) atoms. The molecule has 0 saturated heterocycles. The number of rotatable bonds is 0. The molecular weight excluding hydrogens is 112 g/mol. The van der Waals surface area contributed by atoms with Gasteiger partial charge in [-0.25, -0.2) is 0 Å². The lowest BCUT2D eigenvalue weighted by Gasteiger charge is -1.91. The number of Topliss-reactive ketones (excluding diaryl/α,β-unsaturated/α-hetero) is 1. The summed E-state index contributed by atoms with van der Waals surface area (Å²) >= 11 is 0. The Labute approximate surface area is 57.5 Å². The number of carbonyl (C=O) groups excluding carboxylic acids is 1. The second-order valence-electron chi connectivity index (χ2n) is 2.26. The minimum atomic E-state index is 0.375. The van der Waals surface area contributed by atoms with E-state index in [4.69, 9.17) is 0 Å². The quantitative estimate of drug-likeness (QED) is 0.489. The Kier molecular flexibility index (Phi) is 4.37. The Balaban J connectivity index is 0.000000291. The van der Waals surface area contributed by atoms with Crippen molar-refractivity contribution in [3.8, 4) is 0 Å². The van der Waals surface area contributed by atoms with Crippen LogP contribution in [0.1, 0.15) is 40.0 Å². The van der Waals surface area contributed by atoms with Gasteiger partial charge in [0.25, 0.3) is 0 Å². The number of carbonyl (C=O) groups is 1. The van der Waals surface area contributed by atoms with Gasteiger partial charge in [-0.05, 0) is 12.8 Å². The molecule has 54 valence electrons. The van der Waals surface area contributed by atoms with Crippen molar-refractivity contribution in [3.63, 3.8) is 0 Å². The van der Waals surface area contributed by atoms with E-state index in [1.165, 1.54) is 0 Å². The molecule has 1 saturated carbocycles. The lowest BCUT2D eigenvalue weighted by atomic mass is 10.1. The molecule has 0 aromatic rings. The van der Waals surface area contributed by atoms with Gasteiger partial charge >= 0.3 is 0 Å². The third kappa shape index (κ3) is 2.64. The first-order chi connectivity index (χ1) is 4.30. The summed E-state index contributed by atoms with van der Waals surface area (Å²) in [7, 11) is 0. The highest BCUT2D eigenvalue weighted by atomic mass is 16.1. The highest BCUT2D eigenvalue weighted by Crippen LogP contribution is 2.19. The molecule has 1 aliphatic carbocycles. The smallest absolute Gasteiger partial charge is 0.135 e. The predicted molar refractivity (Wildman–Crippen MR) is 39.4 cm³/mol. The fraction of sp³-hybridized carbons (Fsp3) is 0.875. The molecule has 0 radical (unpaired) electrons. The zero-order chi connectivity index (χ0) is 7.28. The van der Waals surface area contributed by atoms with E-state index in [1.54, 1.807) is 0 Å². The molecule has 1 heteroatoms. The molecule has 0 amide bonds. The van der Waals surface area contributed by atoms with Gasteiger partial charge in [-0.15, -0.1) is 0 Å². The second kappa shape index (κ2) is 4.54. The van der Waals surface area contributed by atoms with E-state index in [9.17, 15) is 4.79 Å². The minimum Gasteiger partial charge on any atom is -0.299 e. The Morgan fingerprint density at radius 2 is 2.00 bits per heavy atom. The molecule has 0 unspecified atom stereocenters. The van der Waals surface area contributed by atoms with Gasteiger partial charge < -0.3 is 0 Å². The standard InChI is InChI=1S/C6H10O.C2H6/c1-5-3-2-4-6(5)7;1-2/h5H,2-4H2,1H3;1-2H3/t5-;/m1./s1. The van der Waals surface area contributed by atoms with Crippen molar-refractivity contribution in [3.05, 3.63) is 0 Å². The van der Waals surface area contributed by atoms with Crippen LogP contribution in [-0.2, 0) is 4.79 Å². The van der Waals surface area contributed by atoms with E-state index >= 15 is 0 Å². The highest BCUT2D eigenvalue weighted by Gasteiger charge is 2.18. The van der Waals surface area contributed by atoms with Crippen molar-refractivity contribution in [1.82, 2.24) is 0 Å². The molecule has 0 aromatic carbocycles. The zero-order valence-electron chi connectivity index (χ0n) is 6.61. The van der Waals surface area contributed by atoms with Crippen molar-refractivity contribution < 1.29 is 4.79 Å². The van der Waals surface area contributed by atoms with Gasteiger partial charge in [-0.3, -0.25) is 4.79 Å². The number of hydrogen-bond donors (Lipinski definition) is 0. The van der Waals surface area contributed by atoms with Gasteiger partial charge in [0, 0.05) is 12.3 Å². The molecule has 0 bridgehead atoms. The fourth-order valence-corrected chi connectivity index (χ4v) is 0.990. The summed E-state index contributed by atoms with van der Waals surface area (Å²) in [5, 5.41) is 0. The van der Waals surface area contributed by atoms with Crippen LogP contribution in [-0.4, -0.2) is 5.78 Å². The maximum absolute atomic E-state index is 10.6. The molecule has 0 heterocycles. The minimum absolute atomic E-state index is 0.375. The molecule has 0 aromatic heterocycles. The summed E-state index contributed by atoms with van der Waals surface area (Å²) < 4.78 is 0. The molecule has 0 spiro atoms. The summed E-state index contributed by atoms with van der Waals surface area (Å²) in [6, 6.07) is 0. The van der Waals surface area contributed by atoms with Crippen LogP contribution in [0.2, 0.25) is 0 Å². The van der Waals surface area contributed by atoms with Crippen molar-refractivity contribution in [2.24, 2.45) is 5.92 Å². The molecule has 1 atom stereocenters. The Bertz CT molecular complexity index is 86.6. The van der Waals surface area contributed by atoms with Gasteiger partial charge in [0.2, 0.25) is 0 Å². The summed E-state index contributed by atoms with van der Waals surface area (Å²) in [4.78, 5) is 10.6. The SMILES string of the molecule is CC.C[C@@H]1CCCC1=O. The Morgan fingerprint density at radius 3 is 2.11 bits per heavy atom. The number of hydrogen-bond acceptors (Lipinski definition) is 1. The monoisotopic (exact) mass is 128 g/mol. The first-order valence-electron chi connectivity index (χ1n) is 3.83. The lowest BCUT2D eigenvalue weighted by Crippen LogP contribution is -1.98. The maximum atomic E-state index is 10.6. The van der Waals surface area contributed by atoms with E-state index < -0.39 is 0 Å². The third-order valence-corrected chi connectivity index (χ3v) is 1.61. The van der Waals surface area contributed by atoms with Crippen LogP contribution in [0.4, 0.5) is 0 Å². The van der Waals surface area contributed by atoms with Crippen LogP contribution in [0, 0.1) is 5.92 Å². The largest absolute Gasteiger partial charge is 0.299 e. The fourth-order valence-electron chi connectivity index (χ4n) is 0.990. The molecule has 0 aliphatic heterocycles. The molecule has 1 nitrogen and oxygen atoms in total. The maximum Gasteiger partial charge on any atom is 0.135 e. The van der Waals surface area contributed by atoms with Crippen LogP contribution in [0.3, 0.4) is 0 Å². The van der Waals surface area contributed by atoms with E-state index in [1.807, 2.05) is 20.8 Å². The molecule has 1 fully saturated rings. The number of ketones is 1. The van der Waals surface area contributed by atoms with Gasteiger partial charge in [-0.1, -0.05) is 20.8 Å². The van der Waals surface area contributed by atoms with E-state index in [0.717, 1.165) is 19.3 Å². The first kappa shape index (κ1) is 8.67. The average Bonchev–Trinajstić information content (AvgIpc) is 2.23. The first-order valence-corrected chi connectivity index (χ1v) is 3.83. The van der Waals surface area contributed by atoms with Crippen LogP contribution in [0.25, 0.3) is 0 Å². The molecule has 1 aliphatic rings. The molecular formula is C8H16O. The average molecular weight is 128 g/mol. The van der Waals surface area contributed by atoms with Gasteiger partial charge in [0.15, 0.2) is 0 Å². The Hall–Kier alpha value is -0.330. The van der Waals surface area contributed by atoms with Gasteiger partial charge in [0.1, 0.15) is 5.78 Å². The summed E-state index contributed by atoms with van der Waals surface area (Å²) in [6.07, 6.45) is 3.08.